The molecule has 0 aliphatic carbocycles. The van der Waals surface area contributed by atoms with Crippen LogP contribution in [0.2, 0.25) is 0 Å². The Labute approximate surface area is 114 Å². The van der Waals surface area contributed by atoms with Gasteiger partial charge < -0.3 is 15.2 Å². The van der Waals surface area contributed by atoms with Crippen molar-refractivity contribution >= 4 is 11.7 Å². The van der Waals surface area contributed by atoms with Crippen molar-refractivity contribution in [3.63, 3.8) is 0 Å². The Balaban J connectivity index is 2.73. The van der Waals surface area contributed by atoms with Crippen LogP contribution in [0.25, 0.3) is 0 Å². The van der Waals surface area contributed by atoms with Gasteiger partial charge in [0.2, 0.25) is 5.82 Å². The molecule has 0 fully saturated rings. The van der Waals surface area contributed by atoms with Crippen molar-refractivity contribution in [2.24, 2.45) is 5.73 Å². The zero-order valence-corrected chi connectivity index (χ0v) is 11.1. The lowest BCUT2D eigenvalue weighted by Crippen LogP contribution is -2.51. The first-order chi connectivity index (χ1) is 9.27. The average Bonchev–Trinajstić information content (AvgIpc) is 2.36. The normalized spacial score (nSPS) is 13.4. The molecule has 0 bridgehead atoms. The summed E-state index contributed by atoms with van der Waals surface area (Å²) >= 11 is 0. The van der Waals surface area contributed by atoms with Gasteiger partial charge in [-0.05, 0) is 19.9 Å². The Morgan fingerprint density at radius 1 is 1.55 bits per heavy atom. The number of nitrogens with two attached hydrogens (primary N) is 1. The third kappa shape index (κ3) is 3.89. The monoisotopic (exact) mass is 286 g/mol. The Morgan fingerprint density at radius 2 is 2.20 bits per heavy atom. The second-order valence-corrected chi connectivity index (χ2v) is 4.30. The van der Waals surface area contributed by atoms with E-state index in [2.05, 4.69) is 0 Å². The Hall–Kier alpha value is -2.22. The minimum Gasteiger partial charge on any atom is -0.491 e. The number of ether oxygens (including phenoxy) is 2. The van der Waals surface area contributed by atoms with Gasteiger partial charge in [-0.3, -0.25) is 10.1 Å². The maximum atomic E-state index is 13.4. The number of nitrogens with zero attached hydrogens (tertiary/aromatic N) is 1. The number of esters is 1. The summed E-state index contributed by atoms with van der Waals surface area (Å²) in [6.07, 6.45) is 0. The molecule has 0 saturated heterocycles. The summed E-state index contributed by atoms with van der Waals surface area (Å²) in [5, 5.41) is 10.5. The SMILES string of the molecule is CCOC(=O)C(C)(N)COc1ccc([N+](=O)[O-])c(F)c1. The number of nitro groups is 1. The quantitative estimate of drug-likeness (QED) is 0.481. The van der Waals surface area contributed by atoms with E-state index < -0.39 is 27.9 Å². The summed E-state index contributed by atoms with van der Waals surface area (Å²) in [5.41, 5.74) is 3.66. The van der Waals surface area contributed by atoms with Crippen molar-refractivity contribution in [2.45, 2.75) is 19.4 Å². The van der Waals surface area contributed by atoms with E-state index in [0.717, 1.165) is 12.1 Å². The highest BCUT2D eigenvalue weighted by Gasteiger charge is 2.31. The van der Waals surface area contributed by atoms with Gasteiger partial charge in [-0.1, -0.05) is 0 Å². The maximum absolute atomic E-state index is 13.4. The highest BCUT2D eigenvalue weighted by molar-refractivity contribution is 5.80. The Kier molecular flexibility index (Phi) is 4.98. The fraction of sp³-hybridized carbons (Fsp3) is 0.417. The standard InChI is InChI=1S/C12H15FN2O5/c1-3-19-11(16)12(2,14)7-20-8-4-5-10(15(17)18)9(13)6-8/h4-6H,3,7,14H2,1-2H3. The number of carbonyl (C=O) groups is 1. The number of hydrogen-bond donors (Lipinski definition) is 1. The molecule has 0 amide bonds. The third-order valence-corrected chi connectivity index (χ3v) is 2.40. The van der Waals surface area contributed by atoms with Crippen LogP contribution in [0.1, 0.15) is 13.8 Å². The number of rotatable bonds is 6. The molecule has 0 aromatic heterocycles. The van der Waals surface area contributed by atoms with Gasteiger partial charge in [0.1, 0.15) is 17.9 Å². The molecule has 7 nitrogen and oxygen atoms in total. The molecule has 0 aliphatic heterocycles. The molecular weight excluding hydrogens is 271 g/mol. The lowest BCUT2D eigenvalue weighted by molar-refractivity contribution is -0.387. The van der Waals surface area contributed by atoms with Gasteiger partial charge in [0.15, 0.2) is 0 Å². The highest BCUT2D eigenvalue weighted by atomic mass is 19.1. The van der Waals surface area contributed by atoms with Gasteiger partial charge in [0.05, 0.1) is 11.5 Å². The van der Waals surface area contributed by atoms with E-state index in [-0.39, 0.29) is 19.0 Å². The van der Waals surface area contributed by atoms with E-state index in [0.29, 0.717) is 0 Å². The van der Waals surface area contributed by atoms with Gasteiger partial charge in [-0.15, -0.1) is 0 Å². The van der Waals surface area contributed by atoms with Crippen LogP contribution in [0, 0.1) is 15.9 Å². The molecule has 8 heteroatoms. The van der Waals surface area contributed by atoms with Crippen LogP contribution in [0.5, 0.6) is 5.75 Å². The predicted molar refractivity (Wildman–Crippen MR) is 67.8 cm³/mol. The molecule has 1 unspecified atom stereocenters. The summed E-state index contributed by atoms with van der Waals surface area (Å²) in [5.74, 6) is -1.64. The minimum absolute atomic E-state index is 0.0362. The first-order valence-electron chi connectivity index (χ1n) is 5.80. The zero-order chi connectivity index (χ0) is 15.3. The van der Waals surface area contributed by atoms with Crippen LogP contribution >= 0.6 is 0 Å². The molecule has 2 N–H and O–H groups in total. The van der Waals surface area contributed by atoms with Crippen molar-refractivity contribution < 1.29 is 23.6 Å². The van der Waals surface area contributed by atoms with Crippen LogP contribution in [-0.4, -0.2) is 29.6 Å². The third-order valence-electron chi connectivity index (χ3n) is 2.40. The number of hydrogen-bond acceptors (Lipinski definition) is 6. The molecule has 1 aromatic carbocycles. The van der Waals surface area contributed by atoms with Crippen molar-refractivity contribution in [1.82, 2.24) is 0 Å². The number of carbonyl (C=O) groups excluding carboxylic acids is 1. The van der Waals surface area contributed by atoms with Crippen molar-refractivity contribution in [3.05, 3.63) is 34.1 Å². The number of benzene rings is 1. The van der Waals surface area contributed by atoms with Crippen LogP contribution in [0.3, 0.4) is 0 Å². The first kappa shape index (κ1) is 15.8. The van der Waals surface area contributed by atoms with E-state index in [1.54, 1.807) is 6.92 Å². The highest BCUT2D eigenvalue weighted by Crippen LogP contribution is 2.22. The molecule has 0 aliphatic rings. The Morgan fingerprint density at radius 3 is 2.70 bits per heavy atom. The lowest BCUT2D eigenvalue weighted by Gasteiger charge is -2.22. The first-order valence-corrected chi connectivity index (χ1v) is 5.80. The fourth-order valence-corrected chi connectivity index (χ4v) is 1.31. The van der Waals surface area contributed by atoms with Gasteiger partial charge in [-0.25, -0.2) is 4.79 Å². The minimum atomic E-state index is -1.39. The van der Waals surface area contributed by atoms with Gasteiger partial charge in [-0.2, -0.15) is 4.39 Å². The van der Waals surface area contributed by atoms with Gasteiger partial charge in [0, 0.05) is 12.1 Å². The van der Waals surface area contributed by atoms with Crippen LogP contribution in [-0.2, 0) is 9.53 Å². The topological polar surface area (TPSA) is 105 Å². The maximum Gasteiger partial charge on any atom is 0.329 e. The second kappa shape index (κ2) is 6.29. The molecule has 0 spiro atoms. The van der Waals surface area contributed by atoms with E-state index >= 15 is 0 Å². The van der Waals surface area contributed by atoms with Crippen LogP contribution in [0.4, 0.5) is 10.1 Å². The second-order valence-electron chi connectivity index (χ2n) is 4.30. The van der Waals surface area contributed by atoms with E-state index in [1.165, 1.54) is 13.0 Å². The number of nitro benzene ring substituents is 1. The fourth-order valence-electron chi connectivity index (χ4n) is 1.31. The Bertz CT molecular complexity index is 519. The molecule has 0 saturated carbocycles. The van der Waals surface area contributed by atoms with Crippen molar-refractivity contribution in [1.29, 1.82) is 0 Å². The molecule has 0 heterocycles. The summed E-state index contributed by atoms with van der Waals surface area (Å²) in [6, 6.07) is 3.06. The lowest BCUT2D eigenvalue weighted by atomic mass is 10.1. The summed E-state index contributed by atoms with van der Waals surface area (Å²) in [4.78, 5) is 21.1. The smallest absolute Gasteiger partial charge is 0.329 e. The predicted octanol–water partition coefficient (Wildman–Crippen LogP) is 1.39. The van der Waals surface area contributed by atoms with E-state index in [9.17, 15) is 19.3 Å². The van der Waals surface area contributed by atoms with Gasteiger partial charge >= 0.3 is 11.7 Å². The van der Waals surface area contributed by atoms with E-state index in [1.807, 2.05) is 0 Å². The molecule has 0 radical (unpaired) electrons. The molecule has 20 heavy (non-hydrogen) atoms. The molecule has 1 atom stereocenters. The molecular formula is C12H15FN2O5. The van der Waals surface area contributed by atoms with Gasteiger partial charge in [0.25, 0.3) is 0 Å². The van der Waals surface area contributed by atoms with Crippen LogP contribution in [0.15, 0.2) is 18.2 Å². The van der Waals surface area contributed by atoms with Crippen molar-refractivity contribution in [2.75, 3.05) is 13.2 Å². The van der Waals surface area contributed by atoms with Crippen molar-refractivity contribution in [3.8, 4) is 5.75 Å². The molecule has 1 aromatic rings. The zero-order valence-electron chi connectivity index (χ0n) is 11.1. The summed E-state index contributed by atoms with van der Waals surface area (Å²) < 4.78 is 23.3. The summed E-state index contributed by atoms with van der Waals surface area (Å²) in [6.45, 7) is 2.98. The molecule has 1 rings (SSSR count). The summed E-state index contributed by atoms with van der Waals surface area (Å²) in [7, 11) is 0. The largest absolute Gasteiger partial charge is 0.491 e. The van der Waals surface area contributed by atoms with Crippen LogP contribution < -0.4 is 10.5 Å². The number of halogens is 1. The average molecular weight is 286 g/mol. The molecule has 110 valence electrons. The van der Waals surface area contributed by atoms with E-state index in [4.69, 9.17) is 15.2 Å².